The first-order valence-corrected chi connectivity index (χ1v) is 6.33. The van der Waals surface area contributed by atoms with E-state index >= 15 is 0 Å². The monoisotopic (exact) mass is 225 g/mol. The van der Waals surface area contributed by atoms with Crippen LogP contribution in [-0.2, 0) is 12.4 Å². The smallest absolute Gasteiger partial charge is 0.0974 e. The molecule has 2 saturated carbocycles. The largest absolute Gasteiger partial charge is 0.252 e. The van der Waals surface area contributed by atoms with Crippen molar-refractivity contribution in [2.45, 2.75) is 38.1 Å². The van der Waals surface area contributed by atoms with E-state index in [4.69, 9.17) is 11.6 Å². The molecule has 1 heterocycles. The quantitative estimate of drug-likeness (QED) is 0.740. The highest BCUT2D eigenvalue weighted by Crippen LogP contribution is 2.48. The zero-order valence-electron chi connectivity index (χ0n) is 8.77. The van der Waals surface area contributed by atoms with E-state index in [0.717, 1.165) is 30.0 Å². The highest BCUT2D eigenvalue weighted by Gasteiger charge is 2.39. The van der Waals surface area contributed by atoms with Gasteiger partial charge in [-0.3, -0.25) is 4.68 Å². The van der Waals surface area contributed by atoms with E-state index in [0.29, 0.717) is 5.88 Å². The average molecular weight is 226 g/mol. The fourth-order valence-corrected chi connectivity index (χ4v) is 3.45. The third-order valence-electron chi connectivity index (χ3n) is 4.03. The number of nitrogens with zero attached hydrogens (tertiary/aromatic N) is 3. The van der Waals surface area contributed by atoms with Gasteiger partial charge in [0, 0.05) is 12.7 Å². The molecular formula is C11H16ClN3. The van der Waals surface area contributed by atoms with Gasteiger partial charge in [0.15, 0.2) is 0 Å². The molecule has 0 N–H and O–H groups in total. The Morgan fingerprint density at radius 2 is 2.33 bits per heavy atom. The number of hydrogen-bond donors (Lipinski definition) is 0. The van der Waals surface area contributed by atoms with Crippen molar-refractivity contribution in [2.75, 3.05) is 0 Å². The molecule has 0 amide bonds. The number of aromatic nitrogens is 3. The normalized spacial score (nSPS) is 33.8. The summed E-state index contributed by atoms with van der Waals surface area (Å²) in [5, 5.41) is 8.14. The summed E-state index contributed by atoms with van der Waals surface area (Å²) in [6, 6.07) is 0. The van der Waals surface area contributed by atoms with Crippen molar-refractivity contribution in [3.63, 3.8) is 0 Å². The highest BCUT2D eigenvalue weighted by atomic mass is 35.5. The van der Waals surface area contributed by atoms with Crippen molar-refractivity contribution in [2.24, 2.45) is 17.8 Å². The predicted octanol–water partition coefficient (Wildman–Crippen LogP) is 2.45. The van der Waals surface area contributed by atoms with Crippen molar-refractivity contribution in [3.05, 3.63) is 11.9 Å². The standard InChI is InChI=1S/C11H16ClN3/c12-5-11-7-15(14-13-11)6-10-4-8-1-2-9(10)3-8/h7-10H,1-6H2. The molecule has 0 radical (unpaired) electrons. The Labute approximate surface area is 94.8 Å². The SMILES string of the molecule is ClCc1cn(CC2CC3CCC2C3)nn1. The maximum atomic E-state index is 5.70. The van der Waals surface area contributed by atoms with Crippen LogP contribution in [0.15, 0.2) is 6.20 Å². The van der Waals surface area contributed by atoms with Gasteiger partial charge in [0.05, 0.1) is 11.6 Å². The lowest BCUT2D eigenvalue weighted by Crippen LogP contribution is -2.17. The minimum atomic E-state index is 0.469. The predicted molar refractivity (Wildman–Crippen MR) is 58.5 cm³/mol. The number of halogens is 1. The van der Waals surface area contributed by atoms with Gasteiger partial charge < -0.3 is 0 Å². The lowest BCUT2D eigenvalue weighted by Gasteiger charge is -2.20. The second-order valence-corrected chi connectivity index (χ2v) is 5.27. The summed E-state index contributed by atoms with van der Waals surface area (Å²) >= 11 is 5.70. The molecule has 15 heavy (non-hydrogen) atoms. The minimum absolute atomic E-state index is 0.469. The molecule has 3 rings (SSSR count). The lowest BCUT2D eigenvalue weighted by molar-refractivity contribution is 0.283. The van der Waals surface area contributed by atoms with Gasteiger partial charge in [0.25, 0.3) is 0 Å². The van der Waals surface area contributed by atoms with Gasteiger partial charge in [-0.15, -0.1) is 16.7 Å². The Hall–Kier alpha value is -0.570. The summed E-state index contributed by atoms with van der Waals surface area (Å²) in [6.07, 6.45) is 7.75. The molecule has 1 aromatic heterocycles. The Bertz CT molecular complexity index is 349. The van der Waals surface area contributed by atoms with E-state index in [2.05, 4.69) is 10.3 Å². The zero-order chi connectivity index (χ0) is 10.3. The molecule has 1 aromatic rings. The second-order valence-electron chi connectivity index (χ2n) is 5.00. The van der Waals surface area contributed by atoms with Crippen LogP contribution in [0.1, 0.15) is 31.4 Å². The van der Waals surface area contributed by atoms with Crippen LogP contribution in [-0.4, -0.2) is 15.0 Å². The molecule has 2 fully saturated rings. The van der Waals surface area contributed by atoms with E-state index < -0.39 is 0 Å². The third kappa shape index (κ3) is 1.78. The van der Waals surface area contributed by atoms with E-state index in [-0.39, 0.29) is 0 Å². The highest BCUT2D eigenvalue weighted by molar-refractivity contribution is 6.16. The Morgan fingerprint density at radius 1 is 1.40 bits per heavy atom. The Morgan fingerprint density at radius 3 is 2.93 bits per heavy atom. The van der Waals surface area contributed by atoms with Gasteiger partial charge in [-0.1, -0.05) is 11.6 Å². The minimum Gasteiger partial charge on any atom is -0.252 e. The molecule has 2 aliphatic rings. The van der Waals surface area contributed by atoms with Gasteiger partial charge in [0.1, 0.15) is 0 Å². The van der Waals surface area contributed by atoms with Crippen LogP contribution in [0.25, 0.3) is 0 Å². The molecule has 82 valence electrons. The van der Waals surface area contributed by atoms with E-state index in [1.807, 2.05) is 10.9 Å². The average Bonchev–Trinajstić information content (AvgIpc) is 2.92. The molecule has 3 atom stereocenters. The maximum absolute atomic E-state index is 5.70. The van der Waals surface area contributed by atoms with Gasteiger partial charge in [-0.2, -0.15) is 0 Å². The van der Waals surface area contributed by atoms with Gasteiger partial charge in [-0.05, 0) is 37.0 Å². The van der Waals surface area contributed by atoms with E-state index in [9.17, 15) is 0 Å². The number of alkyl halides is 1. The summed E-state index contributed by atoms with van der Waals surface area (Å²) in [4.78, 5) is 0. The first-order valence-electron chi connectivity index (χ1n) is 5.80. The molecule has 0 aliphatic heterocycles. The van der Waals surface area contributed by atoms with Crippen molar-refractivity contribution >= 4 is 11.6 Å². The van der Waals surface area contributed by atoms with Crippen LogP contribution < -0.4 is 0 Å². The lowest BCUT2D eigenvalue weighted by atomic mass is 9.89. The van der Waals surface area contributed by atoms with Crippen LogP contribution in [0.3, 0.4) is 0 Å². The van der Waals surface area contributed by atoms with Crippen molar-refractivity contribution in [3.8, 4) is 0 Å². The van der Waals surface area contributed by atoms with Crippen molar-refractivity contribution < 1.29 is 0 Å². The molecule has 0 spiro atoms. The Kier molecular flexibility index (Phi) is 2.43. The molecule has 4 heteroatoms. The number of rotatable bonds is 3. The number of hydrogen-bond acceptors (Lipinski definition) is 2. The summed E-state index contributed by atoms with van der Waals surface area (Å²) < 4.78 is 1.98. The second kappa shape index (κ2) is 3.78. The molecule has 0 aromatic carbocycles. The summed E-state index contributed by atoms with van der Waals surface area (Å²) in [6.45, 7) is 1.05. The van der Waals surface area contributed by atoms with Crippen LogP contribution in [0, 0.1) is 17.8 Å². The van der Waals surface area contributed by atoms with E-state index in [1.165, 1.54) is 25.7 Å². The topological polar surface area (TPSA) is 30.7 Å². The first-order chi connectivity index (χ1) is 7.35. The van der Waals surface area contributed by atoms with E-state index in [1.54, 1.807) is 0 Å². The first kappa shape index (κ1) is 9.64. The van der Waals surface area contributed by atoms with Crippen molar-refractivity contribution in [1.29, 1.82) is 0 Å². The Balaban J connectivity index is 1.65. The zero-order valence-corrected chi connectivity index (χ0v) is 9.53. The summed E-state index contributed by atoms with van der Waals surface area (Å²) in [7, 11) is 0. The fourth-order valence-electron chi connectivity index (χ4n) is 3.33. The van der Waals surface area contributed by atoms with Crippen LogP contribution in [0.2, 0.25) is 0 Å². The molecule has 0 saturated heterocycles. The molecule has 3 unspecified atom stereocenters. The van der Waals surface area contributed by atoms with Gasteiger partial charge >= 0.3 is 0 Å². The van der Waals surface area contributed by atoms with Crippen LogP contribution >= 0.6 is 11.6 Å². The maximum Gasteiger partial charge on any atom is 0.0974 e. The molecule has 2 aliphatic carbocycles. The van der Waals surface area contributed by atoms with Gasteiger partial charge in [-0.25, -0.2) is 0 Å². The van der Waals surface area contributed by atoms with Crippen LogP contribution in [0.5, 0.6) is 0 Å². The van der Waals surface area contributed by atoms with Gasteiger partial charge in [0.2, 0.25) is 0 Å². The van der Waals surface area contributed by atoms with Crippen LogP contribution in [0.4, 0.5) is 0 Å². The third-order valence-corrected chi connectivity index (χ3v) is 4.30. The van der Waals surface area contributed by atoms with Crippen molar-refractivity contribution in [1.82, 2.24) is 15.0 Å². The molecular weight excluding hydrogens is 210 g/mol. The molecule has 3 nitrogen and oxygen atoms in total. The summed E-state index contributed by atoms with van der Waals surface area (Å²) in [5.74, 6) is 3.28. The number of fused-ring (bicyclic) bond motifs is 2. The summed E-state index contributed by atoms with van der Waals surface area (Å²) in [5.41, 5.74) is 0.889. The fraction of sp³-hybridized carbons (Fsp3) is 0.818. The molecule has 2 bridgehead atoms.